The van der Waals surface area contributed by atoms with Gasteiger partial charge >= 0.3 is 0 Å². The van der Waals surface area contributed by atoms with Gasteiger partial charge in [0.2, 0.25) is 0 Å². The van der Waals surface area contributed by atoms with Crippen molar-refractivity contribution in [2.24, 2.45) is 0 Å². The molecule has 2 aromatic heterocycles. The van der Waals surface area contributed by atoms with E-state index in [0.717, 1.165) is 60.9 Å². The zero-order chi connectivity index (χ0) is 18.4. The van der Waals surface area contributed by atoms with E-state index in [1.165, 1.54) is 12.5 Å². The summed E-state index contributed by atoms with van der Waals surface area (Å²) < 4.78 is 15.8. The van der Waals surface area contributed by atoms with Crippen molar-refractivity contribution < 1.29 is 4.39 Å². The second kappa shape index (κ2) is 6.49. The van der Waals surface area contributed by atoms with Crippen LogP contribution in [0.1, 0.15) is 13.3 Å². The van der Waals surface area contributed by atoms with Crippen molar-refractivity contribution in [3.05, 3.63) is 42.6 Å². The molecule has 1 aromatic carbocycles. The molecule has 2 aliphatic rings. The number of anilines is 2. The second-order valence-corrected chi connectivity index (χ2v) is 7.35. The predicted molar refractivity (Wildman–Crippen MR) is 105 cm³/mol. The lowest BCUT2D eigenvalue weighted by Crippen LogP contribution is -2.50. The van der Waals surface area contributed by atoms with Crippen molar-refractivity contribution in [1.29, 1.82) is 0 Å². The van der Waals surface area contributed by atoms with Crippen molar-refractivity contribution in [3.8, 4) is 5.69 Å². The molecule has 0 radical (unpaired) electrons. The van der Waals surface area contributed by atoms with E-state index in [0.29, 0.717) is 6.04 Å². The summed E-state index contributed by atoms with van der Waals surface area (Å²) in [6, 6.07) is 7.03. The van der Waals surface area contributed by atoms with Crippen molar-refractivity contribution in [2.45, 2.75) is 19.4 Å². The second-order valence-electron chi connectivity index (χ2n) is 7.35. The number of nitrogens with zero attached hydrogens (tertiary/aromatic N) is 5. The molecule has 1 atom stereocenters. The molecule has 6 nitrogen and oxygen atoms in total. The maximum Gasteiger partial charge on any atom is 0.152 e. The maximum absolute atomic E-state index is 13.8. The summed E-state index contributed by atoms with van der Waals surface area (Å²) in [5, 5.41) is 4.50. The SMILES string of the molecule is C[C@H]1CNCCN1c1ncnc2c1c(N1CCC1)cn2-c1cccc(F)c1. The van der Waals surface area contributed by atoms with Gasteiger partial charge in [-0.25, -0.2) is 14.4 Å². The zero-order valence-corrected chi connectivity index (χ0v) is 15.4. The van der Waals surface area contributed by atoms with Crippen LogP contribution in [0.25, 0.3) is 16.7 Å². The highest BCUT2D eigenvalue weighted by Crippen LogP contribution is 2.38. The molecule has 0 spiro atoms. The van der Waals surface area contributed by atoms with Crippen LogP contribution in [0.5, 0.6) is 0 Å². The van der Waals surface area contributed by atoms with Crippen molar-refractivity contribution in [1.82, 2.24) is 19.9 Å². The first-order valence-electron chi connectivity index (χ1n) is 9.56. The van der Waals surface area contributed by atoms with E-state index < -0.39 is 0 Å². The molecule has 0 unspecified atom stereocenters. The zero-order valence-electron chi connectivity index (χ0n) is 15.4. The standard InChI is InChI=1S/C20H23FN6/c1-14-11-22-6-9-26(14)19-18-17(25-7-3-8-25)12-27(20(18)24-13-23-19)16-5-2-4-15(21)10-16/h2,4-5,10,12-14,22H,3,6-9,11H2,1H3/t14-/m0/s1. The smallest absolute Gasteiger partial charge is 0.152 e. The largest absolute Gasteiger partial charge is 0.369 e. The van der Waals surface area contributed by atoms with Gasteiger partial charge in [-0.15, -0.1) is 0 Å². The van der Waals surface area contributed by atoms with E-state index in [1.54, 1.807) is 18.5 Å². The summed E-state index contributed by atoms with van der Waals surface area (Å²) in [4.78, 5) is 14.0. The molecule has 27 heavy (non-hydrogen) atoms. The Bertz CT molecular complexity index is 980. The number of hydrogen-bond acceptors (Lipinski definition) is 5. The molecule has 7 heteroatoms. The highest BCUT2D eigenvalue weighted by atomic mass is 19.1. The Kier molecular flexibility index (Phi) is 3.97. The fourth-order valence-corrected chi connectivity index (χ4v) is 4.02. The average molecular weight is 366 g/mol. The topological polar surface area (TPSA) is 49.2 Å². The van der Waals surface area contributed by atoms with E-state index in [4.69, 9.17) is 0 Å². The highest BCUT2D eigenvalue weighted by molar-refractivity contribution is 6.01. The Morgan fingerprint density at radius 2 is 2.07 bits per heavy atom. The van der Waals surface area contributed by atoms with Gasteiger partial charge in [-0.05, 0) is 31.5 Å². The summed E-state index contributed by atoms with van der Waals surface area (Å²) >= 11 is 0. The molecule has 0 saturated carbocycles. The first-order chi connectivity index (χ1) is 13.2. The maximum atomic E-state index is 13.8. The van der Waals surface area contributed by atoms with Gasteiger partial charge in [0.1, 0.15) is 18.0 Å². The molecule has 2 saturated heterocycles. The normalized spacial score (nSPS) is 20.1. The fourth-order valence-electron chi connectivity index (χ4n) is 4.02. The van der Waals surface area contributed by atoms with Crippen LogP contribution < -0.4 is 15.1 Å². The molecule has 1 N–H and O–H groups in total. The Balaban J connectivity index is 1.73. The molecule has 2 fully saturated rings. The first-order valence-corrected chi connectivity index (χ1v) is 9.56. The fraction of sp³-hybridized carbons (Fsp3) is 0.400. The monoisotopic (exact) mass is 366 g/mol. The minimum atomic E-state index is -0.246. The van der Waals surface area contributed by atoms with Gasteiger partial charge < -0.3 is 15.1 Å². The third kappa shape index (κ3) is 2.73. The molecule has 3 aromatic rings. The Labute approximate surface area is 157 Å². The lowest BCUT2D eigenvalue weighted by molar-refractivity contribution is 0.498. The van der Waals surface area contributed by atoms with Gasteiger partial charge in [0.25, 0.3) is 0 Å². The Hall–Kier alpha value is -2.67. The first kappa shape index (κ1) is 16.5. The Morgan fingerprint density at radius 1 is 1.19 bits per heavy atom. The van der Waals surface area contributed by atoms with Crippen LogP contribution in [0.2, 0.25) is 0 Å². The summed E-state index contributed by atoms with van der Waals surface area (Å²) in [5.74, 6) is 0.732. The lowest BCUT2D eigenvalue weighted by Gasteiger charge is -2.37. The number of halogens is 1. The molecule has 0 aliphatic carbocycles. The molecular formula is C20H23FN6. The summed E-state index contributed by atoms with van der Waals surface area (Å²) in [6.45, 7) is 7.08. The molecule has 2 aliphatic heterocycles. The number of fused-ring (bicyclic) bond motifs is 1. The minimum Gasteiger partial charge on any atom is -0.369 e. The van der Waals surface area contributed by atoms with Gasteiger partial charge in [-0.3, -0.25) is 4.57 Å². The quantitative estimate of drug-likeness (QED) is 0.772. The van der Waals surface area contributed by atoms with Gasteiger partial charge in [0, 0.05) is 50.6 Å². The van der Waals surface area contributed by atoms with Gasteiger partial charge in [0.15, 0.2) is 5.65 Å². The van der Waals surface area contributed by atoms with Gasteiger partial charge in [0.05, 0.1) is 11.1 Å². The van der Waals surface area contributed by atoms with Crippen molar-refractivity contribution in [2.75, 3.05) is 42.5 Å². The number of piperazine rings is 1. The Morgan fingerprint density at radius 3 is 2.81 bits per heavy atom. The third-order valence-electron chi connectivity index (χ3n) is 5.60. The average Bonchev–Trinajstić information content (AvgIpc) is 3.00. The summed E-state index contributed by atoms with van der Waals surface area (Å²) in [7, 11) is 0. The summed E-state index contributed by atoms with van der Waals surface area (Å²) in [6.07, 6.45) is 4.91. The third-order valence-corrected chi connectivity index (χ3v) is 5.60. The van der Waals surface area contributed by atoms with Crippen LogP contribution in [0.3, 0.4) is 0 Å². The molecular weight excluding hydrogens is 343 g/mol. The number of benzene rings is 1. The van der Waals surface area contributed by atoms with Crippen LogP contribution in [0.15, 0.2) is 36.8 Å². The van der Waals surface area contributed by atoms with Crippen LogP contribution in [-0.2, 0) is 0 Å². The summed E-state index contributed by atoms with van der Waals surface area (Å²) in [5.41, 5.74) is 2.75. The molecule has 4 heterocycles. The van der Waals surface area contributed by atoms with E-state index in [1.807, 2.05) is 10.6 Å². The van der Waals surface area contributed by atoms with E-state index in [-0.39, 0.29) is 5.82 Å². The van der Waals surface area contributed by atoms with Gasteiger partial charge in [-0.2, -0.15) is 0 Å². The molecule has 0 amide bonds. The highest BCUT2D eigenvalue weighted by Gasteiger charge is 2.28. The lowest BCUT2D eigenvalue weighted by atomic mass is 10.1. The number of nitrogens with one attached hydrogen (secondary N) is 1. The molecule has 140 valence electrons. The van der Waals surface area contributed by atoms with Crippen LogP contribution >= 0.6 is 0 Å². The molecule has 0 bridgehead atoms. The molecule has 5 rings (SSSR count). The van der Waals surface area contributed by atoms with E-state index >= 15 is 0 Å². The minimum absolute atomic E-state index is 0.246. The van der Waals surface area contributed by atoms with Crippen LogP contribution in [-0.4, -0.2) is 53.3 Å². The predicted octanol–water partition coefficient (Wildman–Crippen LogP) is 2.57. The number of hydrogen-bond donors (Lipinski definition) is 1. The van der Waals surface area contributed by atoms with Crippen LogP contribution in [0.4, 0.5) is 15.9 Å². The van der Waals surface area contributed by atoms with Gasteiger partial charge in [-0.1, -0.05) is 6.07 Å². The van der Waals surface area contributed by atoms with Crippen molar-refractivity contribution >= 4 is 22.5 Å². The number of aromatic nitrogens is 3. The van der Waals surface area contributed by atoms with Crippen molar-refractivity contribution in [3.63, 3.8) is 0 Å². The number of rotatable bonds is 3. The van der Waals surface area contributed by atoms with Crippen LogP contribution in [0, 0.1) is 5.82 Å². The van der Waals surface area contributed by atoms with E-state index in [9.17, 15) is 4.39 Å². The van der Waals surface area contributed by atoms with E-state index in [2.05, 4.69) is 38.2 Å².